The largest absolute Gasteiger partial charge is 0.481 e. The normalized spacial score (nSPS) is 18.3. The number of rotatable bonds is 10. The van der Waals surface area contributed by atoms with Crippen LogP contribution in [0.3, 0.4) is 0 Å². The number of carbonyl (C=O) groups excluding carboxylic acids is 1. The smallest absolute Gasteiger partial charge is 0.408 e. The van der Waals surface area contributed by atoms with Gasteiger partial charge in [0.05, 0.1) is 17.3 Å². The summed E-state index contributed by atoms with van der Waals surface area (Å²) < 4.78 is 7.25. The molecule has 0 spiro atoms. The van der Waals surface area contributed by atoms with Gasteiger partial charge in [-0.25, -0.2) is 9.48 Å². The number of ether oxygens (including phenoxy) is 1. The lowest BCUT2D eigenvalue weighted by atomic mass is 10.1. The van der Waals surface area contributed by atoms with Gasteiger partial charge in [0, 0.05) is 41.5 Å². The number of carbonyl (C=O) groups is 2. The van der Waals surface area contributed by atoms with Gasteiger partial charge in [0.25, 0.3) is 0 Å². The molecule has 0 saturated heterocycles. The Morgan fingerprint density at radius 2 is 1.89 bits per heavy atom. The molecular formula is C27H31ClN4O4. The first-order chi connectivity index (χ1) is 17.2. The predicted molar refractivity (Wildman–Crippen MR) is 137 cm³/mol. The van der Waals surface area contributed by atoms with Gasteiger partial charge in [-0.1, -0.05) is 48.9 Å². The first-order valence-corrected chi connectivity index (χ1v) is 12.4. The molecule has 1 aromatic heterocycles. The molecule has 0 radical (unpaired) electrons. The fourth-order valence-electron chi connectivity index (χ4n) is 4.24. The zero-order chi connectivity index (χ0) is 25.8. The molecule has 3 aromatic rings. The number of carboxylic acid groups (broad SMARTS) is 1. The van der Waals surface area contributed by atoms with Gasteiger partial charge < -0.3 is 20.5 Å². The molecule has 3 N–H and O–H groups in total. The van der Waals surface area contributed by atoms with Crippen molar-refractivity contribution in [1.29, 1.82) is 0 Å². The van der Waals surface area contributed by atoms with E-state index in [9.17, 15) is 9.59 Å². The van der Waals surface area contributed by atoms with Gasteiger partial charge in [0.2, 0.25) is 0 Å². The first kappa shape index (κ1) is 25.7. The van der Waals surface area contributed by atoms with E-state index in [-0.39, 0.29) is 17.9 Å². The molecule has 1 heterocycles. The standard InChI is InChI=1S/C27H31ClN4O4/c1-16(26(33)34)23-12-25(23)29-13-19-8-10-21(11-9-19)32-15-20(17(2)31-32)14-30-27(35)36-18(3)22-6-4-5-7-24(22)28/h4-11,15-16,18,23,25,29H,12-14H2,1-3H3,(H,30,35)(H,33,34). The topological polar surface area (TPSA) is 105 Å². The maximum atomic E-state index is 12.3. The van der Waals surface area contributed by atoms with E-state index < -0.39 is 18.2 Å². The van der Waals surface area contributed by atoms with Crippen LogP contribution in [-0.2, 0) is 22.6 Å². The Balaban J connectivity index is 1.28. The number of carboxylic acids is 1. The average Bonchev–Trinajstić information content (AvgIpc) is 3.54. The summed E-state index contributed by atoms with van der Waals surface area (Å²) >= 11 is 6.18. The number of aliphatic carboxylic acids is 1. The summed E-state index contributed by atoms with van der Waals surface area (Å²) in [5.41, 5.74) is 4.48. The van der Waals surface area contributed by atoms with Crippen LogP contribution in [0.1, 0.15) is 48.8 Å². The number of amides is 1. The van der Waals surface area contributed by atoms with Crippen molar-refractivity contribution < 1.29 is 19.4 Å². The zero-order valence-electron chi connectivity index (χ0n) is 20.6. The average molecular weight is 511 g/mol. The number of benzene rings is 2. The minimum Gasteiger partial charge on any atom is -0.481 e. The molecule has 0 bridgehead atoms. The summed E-state index contributed by atoms with van der Waals surface area (Å²) in [4.78, 5) is 23.4. The Bertz CT molecular complexity index is 1230. The van der Waals surface area contributed by atoms with E-state index >= 15 is 0 Å². The summed E-state index contributed by atoms with van der Waals surface area (Å²) in [6.45, 7) is 6.43. The van der Waals surface area contributed by atoms with Crippen molar-refractivity contribution in [3.63, 3.8) is 0 Å². The fourth-order valence-corrected chi connectivity index (χ4v) is 4.53. The molecule has 1 aliphatic carbocycles. The highest BCUT2D eigenvalue weighted by Crippen LogP contribution is 2.37. The van der Waals surface area contributed by atoms with Crippen LogP contribution in [0.2, 0.25) is 5.02 Å². The molecular weight excluding hydrogens is 480 g/mol. The lowest BCUT2D eigenvalue weighted by Crippen LogP contribution is -2.25. The van der Waals surface area contributed by atoms with Crippen molar-refractivity contribution in [2.45, 2.75) is 52.4 Å². The Hall–Kier alpha value is -3.36. The predicted octanol–water partition coefficient (Wildman–Crippen LogP) is 5.02. The van der Waals surface area contributed by atoms with Crippen molar-refractivity contribution in [2.75, 3.05) is 0 Å². The van der Waals surface area contributed by atoms with Gasteiger partial charge in [-0.3, -0.25) is 4.79 Å². The second kappa shape index (κ2) is 11.1. The van der Waals surface area contributed by atoms with Crippen LogP contribution in [0.15, 0.2) is 54.7 Å². The van der Waals surface area contributed by atoms with Crippen LogP contribution in [0, 0.1) is 18.8 Å². The molecule has 0 aliphatic heterocycles. The number of nitrogens with one attached hydrogen (secondary N) is 2. The highest BCUT2D eigenvalue weighted by atomic mass is 35.5. The van der Waals surface area contributed by atoms with Crippen LogP contribution in [0.4, 0.5) is 4.79 Å². The second-order valence-electron chi connectivity index (χ2n) is 9.29. The van der Waals surface area contributed by atoms with E-state index in [1.165, 1.54) is 0 Å². The van der Waals surface area contributed by atoms with Crippen molar-refractivity contribution in [3.05, 3.63) is 82.1 Å². The third kappa shape index (κ3) is 6.25. The molecule has 190 valence electrons. The summed E-state index contributed by atoms with van der Waals surface area (Å²) in [5.74, 6) is -0.844. The summed E-state index contributed by atoms with van der Waals surface area (Å²) in [6.07, 6.45) is 1.80. The molecule has 1 amide bonds. The number of halogens is 1. The van der Waals surface area contributed by atoms with E-state index in [1.807, 2.05) is 55.6 Å². The van der Waals surface area contributed by atoms with Gasteiger partial charge in [-0.15, -0.1) is 0 Å². The van der Waals surface area contributed by atoms with Gasteiger partial charge >= 0.3 is 12.1 Å². The van der Waals surface area contributed by atoms with Crippen molar-refractivity contribution in [2.24, 2.45) is 11.8 Å². The molecule has 4 rings (SSSR count). The molecule has 8 nitrogen and oxygen atoms in total. The SMILES string of the molecule is Cc1nn(-c2ccc(CNC3CC3C(C)C(=O)O)cc2)cc1CNC(=O)OC(C)c1ccccc1Cl. The van der Waals surface area contributed by atoms with Crippen LogP contribution >= 0.6 is 11.6 Å². The molecule has 9 heteroatoms. The number of nitrogens with zero attached hydrogens (tertiary/aromatic N) is 2. The van der Waals surface area contributed by atoms with E-state index in [0.29, 0.717) is 18.1 Å². The summed E-state index contributed by atoms with van der Waals surface area (Å²) in [6, 6.07) is 15.6. The van der Waals surface area contributed by atoms with E-state index in [4.69, 9.17) is 21.4 Å². The molecule has 2 aromatic carbocycles. The third-order valence-electron chi connectivity index (χ3n) is 6.69. The van der Waals surface area contributed by atoms with E-state index in [0.717, 1.165) is 34.5 Å². The second-order valence-corrected chi connectivity index (χ2v) is 9.69. The number of hydrogen-bond donors (Lipinski definition) is 3. The maximum absolute atomic E-state index is 12.3. The Labute approximate surface area is 215 Å². The van der Waals surface area contributed by atoms with Crippen molar-refractivity contribution in [3.8, 4) is 5.69 Å². The number of alkyl carbamates (subject to hydrolysis) is 1. The Morgan fingerprint density at radius 1 is 1.17 bits per heavy atom. The minimum absolute atomic E-state index is 0.206. The minimum atomic E-state index is -0.735. The van der Waals surface area contributed by atoms with Crippen LogP contribution in [-0.4, -0.2) is 33.0 Å². The van der Waals surface area contributed by atoms with Gasteiger partial charge in [-0.2, -0.15) is 5.10 Å². The van der Waals surface area contributed by atoms with Gasteiger partial charge in [0.1, 0.15) is 6.10 Å². The van der Waals surface area contributed by atoms with Gasteiger partial charge in [-0.05, 0) is 49.9 Å². The highest BCUT2D eigenvalue weighted by molar-refractivity contribution is 6.31. The number of aryl methyl sites for hydroxylation is 1. The third-order valence-corrected chi connectivity index (χ3v) is 7.04. The Morgan fingerprint density at radius 3 is 2.58 bits per heavy atom. The lowest BCUT2D eigenvalue weighted by molar-refractivity contribution is -0.141. The monoisotopic (exact) mass is 510 g/mol. The molecule has 4 atom stereocenters. The quantitative estimate of drug-likeness (QED) is 0.353. The Kier molecular flexibility index (Phi) is 7.96. The van der Waals surface area contributed by atoms with Crippen LogP contribution in [0.25, 0.3) is 5.69 Å². The first-order valence-electron chi connectivity index (χ1n) is 12.0. The summed E-state index contributed by atoms with van der Waals surface area (Å²) in [5, 5.41) is 20.5. The number of aromatic nitrogens is 2. The van der Waals surface area contributed by atoms with Crippen LogP contribution < -0.4 is 10.6 Å². The van der Waals surface area contributed by atoms with Gasteiger partial charge in [0.15, 0.2) is 0 Å². The molecule has 1 saturated carbocycles. The number of hydrogen-bond acceptors (Lipinski definition) is 5. The molecule has 1 aliphatic rings. The molecule has 36 heavy (non-hydrogen) atoms. The molecule has 4 unspecified atom stereocenters. The lowest BCUT2D eigenvalue weighted by Gasteiger charge is -2.15. The van der Waals surface area contributed by atoms with Crippen LogP contribution in [0.5, 0.6) is 0 Å². The zero-order valence-corrected chi connectivity index (χ0v) is 21.3. The van der Waals surface area contributed by atoms with E-state index in [1.54, 1.807) is 24.6 Å². The fraction of sp³-hybridized carbons (Fsp3) is 0.370. The maximum Gasteiger partial charge on any atom is 0.408 e. The van der Waals surface area contributed by atoms with E-state index in [2.05, 4.69) is 15.7 Å². The van der Waals surface area contributed by atoms with Crippen molar-refractivity contribution in [1.82, 2.24) is 20.4 Å². The summed E-state index contributed by atoms with van der Waals surface area (Å²) in [7, 11) is 0. The highest BCUT2D eigenvalue weighted by Gasteiger charge is 2.43. The van der Waals surface area contributed by atoms with Crippen molar-refractivity contribution >= 4 is 23.7 Å². The molecule has 1 fully saturated rings.